The van der Waals surface area contributed by atoms with Crippen LogP contribution in [0.1, 0.15) is 35.7 Å². The van der Waals surface area contributed by atoms with E-state index in [9.17, 15) is 14.0 Å². The average Bonchev–Trinajstić information content (AvgIpc) is 3.26. The molecule has 2 amide bonds. The molecular formula is C33H35FN4O5. The van der Waals surface area contributed by atoms with E-state index in [0.29, 0.717) is 36.7 Å². The van der Waals surface area contributed by atoms with Crippen molar-refractivity contribution in [1.29, 1.82) is 0 Å². The molecule has 0 radical (unpaired) electrons. The molecule has 1 fully saturated rings. The Morgan fingerprint density at radius 3 is 2.37 bits per heavy atom. The molecule has 1 N–H and O–H groups in total. The van der Waals surface area contributed by atoms with Gasteiger partial charge in [0, 0.05) is 32.4 Å². The van der Waals surface area contributed by atoms with Gasteiger partial charge in [-0.15, -0.1) is 0 Å². The number of nitrogens with one attached hydrogen (secondary N) is 1. The Kier molecular flexibility index (Phi) is 9.06. The number of ether oxygens (including phenoxy) is 3. The van der Waals surface area contributed by atoms with Crippen molar-refractivity contribution in [3.8, 4) is 17.2 Å². The highest BCUT2D eigenvalue weighted by Gasteiger charge is 2.27. The molecule has 0 bridgehead atoms. The van der Waals surface area contributed by atoms with Crippen LogP contribution in [0.3, 0.4) is 0 Å². The number of fused-ring (bicyclic) bond motifs is 1. The summed E-state index contributed by atoms with van der Waals surface area (Å²) in [6, 6.07) is 13.6. The molecular weight excluding hydrogens is 551 g/mol. The molecule has 0 unspecified atom stereocenters. The fraction of sp³-hybridized carbons (Fsp3) is 0.303. The number of amides is 2. The second-order valence-electron chi connectivity index (χ2n) is 10.5. The summed E-state index contributed by atoms with van der Waals surface area (Å²) in [4.78, 5) is 33.9. The maximum Gasteiger partial charge on any atom is 0.415 e. The molecule has 2 aliphatic rings. The summed E-state index contributed by atoms with van der Waals surface area (Å²) < 4.78 is 31.4. The Bertz CT molecular complexity index is 1550. The summed E-state index contributed by atoms with van der Waals surface area (Å²) in [6.45, 7) is 4.89. The van der Waals surface area contributed by atoms with Crippen LogP contribution in [-0.4, -0.2) is 74.2 Å². The van der Waals surface area contributed by atoms with E-state index < -0.39 is 6.09 Å². The Morgan fingerprint density at radius 2 is 1.72 bits per heavy atom. The Hall–Kier alpha value is -4.70. The average molecular weight is 587 g/mol. The SMILES string of the molecule is COc1cc(C=C2C(C)=C(CC(=O)NCc3ccccn3)c3cc(F)ccc32)cc(OC)c1OC(=O)N1CCN(C)CC1. The fourth-order valence-electron chi connectivity index (χ4n) is 5.29. The Morgan fingerprint density at radius 1 is 1.00 bits per heavy atom. The zero-order valence-electron chi connectivity index (χ0n) is 24.8. The lowest BCUT2D eigenvalue weighted by molar-refractivity contribution is -0.120. The van der Waals surface area contributed by atoms with Crippen molar-refractivity contribution in [2.45, 2.75) is 19.9 Å². The van der Waals surface area contributed by atoms with Crippen molar-refractivity contribution >= 4 is 29.2 Å². The standard InChI is InChI=1S/C33H35FN4O5/c1-21-26(25-9-8-23(34)18-28(25)27(21)19-31(39)36-20-24-7-5-6-10-35-24)15-22-16-29(41-3)32(30(17-22)42-4)43-33(40)38-13-11-37(2)12-14-38/h5-10,15-18H,11-14,19-20H2,1-4H3,(H,36,39). The minimum Gasteiger partial charge on any atom is -0.493 e. The Labute approximate surface area is 250 Å². The van der Waals surface area contributed by atoms with E-state index in [1.54, 1.807) is 29.3 Å². The number of likely N-dealkylation sites (N-methyl/N-ethyl adjacent to an activating group) is 1. The fourth-order valence-corrected chi connectivity index (χ4v) is 5.29. The number of halogens is 1. The largest absolute Gasteiger partial charge is 0.493 e. The van der Waals surface area contributed by atoms with E-state index in [-0.39, 0.29) is 23.9 Å². The van der Waals surface area contributed by atoms with Gasteiger partial charge in [0.2, 0.25) is 11.7 Å². The maximum absolute atomic E-state index is 14.4. The molecule has 3 aromatic rings. The van der Waals surface area contributed by atoms with Crippen molar-refractivity contribution < 1.29 is 28.2 Å². The first kappa shape index (κ1) is 29.8. The number of pyridine rings is 1. The van der Waals surface area contributed by atoms with Gasteiger partial charge in [-0.3, -0.25) is 9.78 Å². The lowest BCUT2D eigenvalue weighted by Crippen LogP contribution is -2.48. The number of carbonyl (C=O) groups is 2. The van der Waals surface area contributed by atoms with Gasteiger partial charge in [0.05, 0.1) is 32.9 Å². The van der Waals surface area contributed by atoms with Gasteiger partial charge in [-0.1, -0.05) is 12.1 Å². The Balaban J connectivity index is 1.43. The molecule has 224 valence electrons. The first-order valence-electron chi connectivity index (χ1n) is 14.1. The van der Waals surface area contributed by atoms with E-state index in [1.807, 2.05) is 38.2 Å². The number of hydrogen-bond acceptors (Lipinski definition) is 7. The van der Waals surface area contributed by atoms with E-state index in [2.05, 4.69) is 15.2 Å². The molecule has 5 rings (SSSR count). The normalized spacial score (nSPS) is 15.8. The first-order valence-corrected chi connectivity index (χ1v) is 14.1. The third kappa shape index (κ3) is 6.70. The maximum atomic E-state index is 14.4. The number of allylic oxidation sites excluding steroid dienone is 2. The van der Waals surface area contributed by atoms with E-state index in [0.717, 1.165) is 46.6 Å². The van der Waals surface area contributed by atoms with Gasteiger partial charge in [0.1, 0.15) is 5.82 Å². The number of rotatable bonds is 8. The molecule has 2 aromatic carbocycles. The van der Waals surface area contributed by atoms with Crippen LogP contribution in [-0.2, 0) is 11.3 Å². The molecule has 1 aliphatic heterocycles. The lowest BCUT2D eigenvalue weighted by Gasteiger charge is -2.31. The van der Waals surface area contributed by atoms with Gasteiger partial charge in [0.15, 0.2) is 11.5 Å². The minimum absolute atomic E-state index is 0.0836. The van der Waals surface area contributed by atoms with Gasteiger partial charge < -0.3 is 29.3 Å². The van der Waals surface area contributed by atoms with Crippen molar-refractivity contribution in [1.82, 2.24) is 20.1 Å². The number of carbonyl (C=O) groups excluding carboxylic acids is 2. The second-order valence-corrected chi connectivity index (χ2v) is 10.5. The number of piperazine rings is 1. The first-order chi connectivity index (χ1) is 20.8. The zero-order valence-corrected chi connectivity index (χ0v) is 24.8. The van der Waals surface area contributed by atoms with Crippen molar-refractivity contribution in [2.24, 2.45) is 0 Å². The van der Waals surface area contributed by atoms with E-state index >= 15 is 0 Å². The summed E-state index contributed by atoms with van der Waals surface area (Å²) in [5.41, 5.74) is 5.41. The van der Waals surface area contributed by atoms with Crippen LogP contribution >= 0.6 is 0 Å². The smallest absolute Gasteiger partial charge is 0.415 e. The molecule has 43 heavy (non-hydrogen) atoms. The quantitative estimate of drug-likeness (QED) is 0.396. The molecule has 0 saturated carbocycles. The predicted octanol–water partition coefficient (Wildman–Crippen LogP) is 5.02. The number of benzene rings is 2. The van der Waals surface area contributed by atoms with Crippen molar-refractivity contribution in [2.75, 3.05) is 47.4 Å². The van der Waals surface area contributed by atoms with Gasteiger partial charge in [0.25, 0.3) is 0 Å². The molecule has 2 heterocycles. The second kappa shape index (κ2) is 13.1. The zero-order chi connectivity index (χ0) is 30.5. The number of nitrogens with zero attached hydrogens (tertiary/aromatic N) is 3. The van der Waals surface area contributed by atoms with Crippen molar-refractivity contribution in [3.05, 3.63) is 88.5 Å². The predicted molar refractivity (Wildman–Crippen MR) is 162 cm³/mol. The van der Waals surface area contributed by atoms with Crippen LogP contribution in [0, 0.1) is 5.82 Å². The van der Waals surface area contributed by atoms with E-state index in [4.69, 9.17) is 14.2 Å². The van der Waals surface area contributed by atoms with Gasteiger partial charge >= 0.3 is 6.09 Å². The highest BCUT2D eigenvalue weighted by molar-refractivity contribution is 6.08. The summed E-state index contributed by atoms with van der Waals surface area (Å²) in [7, 11) is 5.01. The minimum atomic E-state index is -0.465. The van der Waals surface area contributed by atoms with Crippen LogP contribution in [0.5, 0.6) is 17.2 Å². The number of hydrogen-bond donors (Lipinski definition) is 1. The van der Waals surface area contributed by atoms with E-state index in [1.165, 1.54) is 26.4 Å². The molecule has 1 saturated heterocycles. The van der Waals surface area contributed by atoms with Crippen LogP contribution in [0.4, 0.5) is 9.18 Å². The summed E-state index contributed by atoms with van der Waals surface area (Å²) in [5, 5.41) is 2.90. The van der Waals surface area contributed by atoms with Crippen LogP contribution in [0.25, 0.3) is 17.2 Å². The lowest BCUT2D eigenvalue weighted by atomic mass is 10.00. The topological polar surface area (TPSA) is 93.2 Å². The highest BCUT2D eigenvalue weighted by atomic mass is 19.1. The summed E-state index contributed by atoms with van der Waals surface area (Å²) in [5.74, 6) is 0.298. The molecule has 0 atom stereocenters. The van der Waals surface area contributed by atoms with Gasteiger partial charge in [-0.25, -0.2) is 9.18 Å². The molecule has 1 aliphatic carbocycles. The van der Waals surface area contributed by atoms with Crippen LogP contribution in [0.2, 0.25) is 0 Å². The molecule has 0 spiro atoms. The monoisotopic (exact) mass is 586 g/mol. The molecule has 9 nitrogen and oxygen atoms in total. The van der Waals surface area contributed by atoms with Gasteiger partial charge in [-0.05, 0) is 89.9 Å². The summed E-state index contributed by atoms with van der Waals surface area (Å²) >= 11 is 0. The molecule has 10 heteroatoms. The summed E-state index contributed by atoms with van der Waals surface area (Å²) in [6.07, 6.45) is 3.23. The third-order valence-electron chi connectivity index (χ3n) is 7.73. The number of methoxy groups -OCH3 is 2. The van der Waals surface area contributed by atoms with Gasteiger partial charge in [-0.2, -0.15) is 0 Å². The van der Waals surface area contributed by atoms with Crippen molar-refractivity contribution in [3.63, 3.8) is 0 Å². The highest BCUT2D eigenvalue weighted by Crippen LogP contribution is 2.45. The van der Waals surface area contributed by atoms with Crippen LogP contribution < -0.4 is 19.5 Å². The van der Waals surface area contributed by atoms with Crippen LogP contribution in [0.15, 0.2) is 60.3 Å². The third-order valence-corrected chi connectivity index (χ3v) is 7.73. The molecule has 1 aromatic heterocycles. The number of aromatic nitrogens is 1.